The molecule has 0 bridgehead atoms. The summed E-state index contributed by atoms with van der Waals surface area (Å²) in [4.78, 5) is 17.6. The fraction of sp³-hybridized carbons (Fsp3) is 0.182. The maximum atomic E-state index is 13.1. The minimum Gasteiger partial charge on any atom is -0.497 e. The molecule has 0 saturated heterocycles. The molecular weight excluding hydrogens is 388 g/mol. The molecule has 0 aliphatic heterocycles. The van der Waals surface area contributed by atoms with Gasteiger partial charge in [0.05, 0.1) is 38.1 Å². The normalized spacial score (nSPS) is 10.9. The molecule has 0 aliphatic rings. The molecular formula is C22H20N2O6. The van der Waals surface area contributed by atoms with Crippen LogP contribution in [0.1, 0.15) is 5.69 Å². The van der Waals surface area contributed by atoms with E-state index in [9.17, 15) is 10.0 Å². The molecule has 154 valence electrons. The minimum atomic E-state index is -0.325. The monoisotopic (exact) mass is 408 g/mol. The van der Waals surface area contributed by atoms with Crippen LogP contribution in [0.2, 0.25) is 0 Å². The molecule has 2 aromatic heterocycles. The second-order valence-corrected chi connectivity index (χ2v) is 6.59. The van der Waals surface area contributed by atoms with Gasteiger partial charge < -0.3 is 23.8 Å². The summed E-state index contributed by atoms with van der Waals surface area (Å²) in [5.41, 5.74) is 1.88. The van der Waals surface area contributed by atoms with Crippen molar-refractivity contribution >= 4 is 11.0 Å². The first-order valence-corrected chi connectivity index (χ1v) is 9.09. The average molecular weight is 408 g/mol. The van der Waals surface area contributed by atoms with Crippen LogP contribution in [0.4, 0.5) is 0 Å². The van der Waals surface area contributed by atoms with E-state index in [2.05, 4.69) is 4.98 Å². The van der Waals surface area contributed by atoms with Crippen molar-refractivity contribution in [2.24, 2.45) is 0 Å². The Balaban J connectivity index is 1.88. The molecule has 0 spiro atoms. The topological polar surface area (TPSA) is 96.0 Å². The predicted molar refractivity (Wildman–Crippen MR) is 111 cm³/mol. The fourth-order valence-electron chi connectivity index (χ4n) is 3.32. The third kappa shape index (κ3) is 3.02. The zero-order valence-corrected chi connectivity index (χ0v) is 16.9. The zero-order chi connectivity index (χ0) is 21.4. The second-order valence-electron chi connectivity index (χ2n) is 6.59. The van der Waals surface area contributed by atoms with E-state index >= 15 is 0 Å². The van der Waals surface area contributed by atoms with Gasteiger partial charge in [-0.1, -0.05) is 0 Å². The molecule has 2 heterocycles. The molecule has 0 fully saturated rings. The number of aromatic nitrogens is 2. The minimum absolute atomic E-state index is 0.0794. The highest BCUT2D eigenvalue weighted by Crippen LogP contribution is 2.34. The van der Waals surface area contributed by atoms with Crippen molar-refractivity contribution in [1.82, 2.24) is 9.71 Å². The van der Waals surface area contributed by atoms with Gasteiger partial charge in [-0.2, -0.15) is 4.73 Å². The predicted octanol–water partition coefficient (Wildman–Crippen LogP) is 3.90. The number of nitrogens with zero attached hydrogens (tertiary/aromatic N) is 2. The highest BCUT2D eigenvalue weighted by atomic mass is 16.5. The van der Waals surface area contributed by atoms with Crippen LogP contribution in [0, 0.1) is 6.92 Å². The second kappa shape index (κ2) is 7.47. The van der Waals surface area contributed by atoms with E-state index in [0.29, 0.717) is 45.2 Å². The zero-order valence-electron chi connectivity index (χ0n) is 16.9. The number of rotatable bonds is 5. The van der Waals surface area contributed by atoms with Crippen LogP contribution in [-0.2, 0) is 0 Å². The molecule has 2 aromatic carbocycles. The lowest BCUT2D eigenvalue weighted by molar-refractivity contribution is 0.184. The first-order chi connectivity index (χ1) is 14.5. The van der Waals surface area contributed by atoms with Gasteiger partial charge in [-0.05, 0) is 43.3 Å². The summed E-state index contributed by atoms with van der Waals surface area (Å²) in [6, 6.07) is 10.3. The number of hydrogen-bond acceptors (Lipinski definition) is 7. The van der Waals surface area contributed by atoms with Gasteiger partial charge in [0.2, 0.25) is 5.43 Å². The van der Waals surface area contributed by atoms with Crippen LogP contribution >= 0.6 is 0 Å². The van der Waals surface area contributed by atoms with Crippen LogP contribution in [0.5, 0.6) is 17.2 Å². The summed E-state index contributed by atoms with van der Waals surface area (Å²) in [7, 11) is 4.61. The molecule has 1 N–H and O–H groups in total. The summed E-state index contributed by atoms with van der Waals surface area (Å²) in [6.07, 6.45) is 1.30. The number of hydrogen-bond donors (Lipinski definition) is 1. The Morgan fingerprint density at radius 2 is 1.77 bits per heavy atom. The molecule has 4 aromatic rings. The van der Waals surface area contributed by atoms with Gasteiger partial charge in [0.1, 0.15) is 23.2 Å². The Morgan fingerprint density at radius 1 is 1.00 bits per heavy atom. The number of benzene rings is 2. The lowest BCUT2D eigenvalue weighted by atomic mass is 10.1. The molecule has 8 heteroatoms. The van der Waals surface area contributed by atoms with Gasteiger partial charge in [0, 0.05) is 5.56 Å². The van der Waals surface area contributed by atoms with E-state index in [1.165, 1.54) is 13.4 Å². The molecule has 4 rings (SSSR count). The smallest absolute Gasteiger partial charge is 0.203 e. The van der Waals surface area contributed by atoms with E-state index in [1.54, 1.807) is 57.5 Å². The van der Waals surface area contributed by atoms with Crippen molar-refractivity contribution in [3.63, 3.8) is 0 Å². The van der Waals surface area contributed by atoms with Crippen molar-refractivity contribution in [2.45, 2.75) is 6.92 Å². The maximum absolute atomic E-state index is 13.1. The van der Waals surface area contributed by atoms with Crippen LogP contribution in [0.15, 0.2) is 51.9 Å². The summed E-state index contributed by atoms with van der Waals surface area (Å²) >= 11 is 0. The Hall–Kier alpha value is -3.94. The lowest BCUT2D eigenvalue weighted by Gasteiger charge is -2.08. The van der Waals surface area contributed by atoms with Crippen molar-refractivity contribution in [3.8, 4) is 39.9 Å². The Morgan fingerprint density at radius 3 is 2.47 bits per heavy atom. The van der Waals surface area contributed by atoms with Crippen LogP contribution < -0.4 is 19.6 Å². The van der Waals surface area contributed by atoms with Crippen molar-refractivity contribution in [3.05, 3.63) is 58.6 Å². The van der Waals surface area contributed by atoms with E-state index in [0.717, 1.165) is 4.73 Å². The van der Waals surface area contributed by atoms with Crippen LogP contribution in [0.3, 0.4) is 0 Å². The summed E-state index contributed by atoms with van der Waals surface area (Å²) in [5.74, 6) is 1.71. The molecule has 30 heavy (non-hydrogen) atoms. The lowest BCUT2D eigenvalue weighted by Crippen LogP contribution is -2.09. The molecule has 0 unspecified atom stereocenters. The Labute approximate surface area is 171 Å². The molecule has 0 amide bonds. The standard InChI is InChI=1S/C22H20N2O6/c1-12-20(13-5-7-18(28-3)19(9-13)29-4)23-22(24(12)26)16-11-30-17-8-6-14(27-2)10-15(17)21(16)25/h5-11,26H,1-4H3. The Bertz CT molecular complexity index is 1310. The molecule has 8 nitrogen and oxygen atoms in total. The van der Waals surface area contributed by atoms with Gasteiger partial charge in [0.25, 0.3) is 0 Å². The SMILES string of the molecule is COc1ccc2occ(-c3nc(-c4ccc(OC)c(OC)c4)c(C)n3O)c(=O)c2c1. The number of fused-ring (bicyclic) bond motifs is 1. The van der Waals surface area contributed by atoms with E-state index in [-0.39, 0.29) is 16.8 Å². The third-order valence-electron chi connectivity index (χ3n) is 4.96. The Kier molecular flexibility index (Phi) is 4.83. The van der Waals surface area contributed by atoms with Crippen LogP contribution in [-0.4, -0.2) is 36.3 Å². The van der Waals surface area contributed by atoms with Crippen LogP contribution in [0.25, 0.3) is 33.6 Å². The molecule has 0 saturated carbocycles. The highest BCUT2D eigenvalue weighted by Gasteiger charge is 2.21. The number of ether oxygens (including phenoxy) is 3. The van der Waals surface area contributed by atoms with Crippen molar-refractivity contribution in [1.29, 1.82) is 0 Å². The molecule has 0 atom stereocenters. The summed E-state index contributed by atoms with van der Waals surface area (Å²) in [5, 5.41) is 11.0. The quantitative estimate of drug-likeness (QED) is 0.500. The van der Waals surface area contributed by atoms with Gasteiger partial charge in [0.15, 0.2) is 17.3 Å². The van der Waals surface area contributed by atoms with Gasteiger partial charge in [-0.15, -0.1) is 0 Å². The first-order valence-electron chi connectivity index (χ1n) is 9.09. The molecule has 0 aliphatic carbocycles. The van der Waals surface area contributed by atoms with E-state index in [1.807, 2.05) is 0 Å². The number of imidazole rings is 1. The maximum Gasteiger partial charge on any atom is 0.203 e. The van der Waals surface area contributed by atoms with Crippen molar-refractivity contribution < 1.29 is 23.8 Å². The van der Waals surface area contributed by atoms with Gasteiger partial charge in [-0.25, -0.2) is 4.98 Å². The largest absolute Gasteiger partial charge is 0.497 e. The van der Waals surface area contributed by atoms with E-state index in [4.69, 9.17) is 18.6 Å². The first kappa shape index (κ1) is 19.4. The highest BCUT2D eigenvalue weighted by molar-refractivity contribution is 5.82. The van der Waals surface area contributed by atoms with E-state index < -0.39 is 0 Å². The third-order valence-corrected chi connectivity index (χ3v) is 4.96. The average Bonchev–Trinajstić information content (AvgIpc) is 3.07. The van der Waals surface area contributed by atoms with Crippen molar-refractivity contribution in [2.75, 3.05) is 21.3 Å². The number of methoxy groups -OCH3 is 3. The fourth-order valence-corrected chi connectivity index (χ4v) is 3.32. The van der Waals surface area contributed by atoms with Gasteiger partial charge >= 0.3 is 0 Å². The molecule has 0 radical (unpaired) electrons. The summed E-state index contributed by atoms with van der Waals surface area (Å²) in [6.45, 7) is 1.70. The summed E-state index contributed by atoms with van der Waals surface area (Å²) < 4.78 is 22.3. The van der Waals surface area contributed by atoms with Gasteiger partial charge in [-0.3, -0.25) is 4.79 Å².